The Labute approximate surface area is 96.8 Å². The number of hydrogen-bond acceptors (Lipinski definition) is 3. The first-order valence-electron chi connectivity index (χ1n) is 5.76. The summed E-state index contributed by atoms with van der Waals surface area (Å²) in [5.41, 5.74) is -0.557. The molecular formula is C13H20O3. The highest BCUT2D eigenvalue weighted by molar-refractivity contribution is 5.80. The molecule has 2 atom stereocenters. The maximum atomic E-state index is 11.7. The first-order chi connectivity index (χ1) is 7.66. The maximum absolute atomic E-state index is 11.7. The molecule has 90 valence electrons. The van der Waals surface area contributed by atoms with Crippen molar-refractivity contribution in [1.29, 1.82) is 0 Å². The molecule has 0 aromatic carbocycles. The quantitative estimate of drug-likeness (QED) is 0.749. The number of hydrogen-bond donors (Lipinski definition) is 1. The molecule has 0 amide bonds. The van der Waals surface area contributed by atoms with E-state index in [-0.39, 0.29) is 18.3 Å². The highest BCUT2D eigenvalue weighted by Gasteiger charge is 2.39. The van der Waals surface area contributed by atoms with E-state index >= 15 is 0 Å². The lowest BCUT2D eigenvalue weighted by Gasteiger charge is -2.37. The highest BCUT2D eigenvalue weighted by Crippen LogP contribution is 2.33. The van der Waals surface area contributed by atoms with Gasteiger partial charge in [0.05, 0.1) is 11.5 Å². The summed E-state index contributed by atoms with van der Waals surface area (Å²) in [5.74, 6) is -0.193. The van der Waals surface area contributed by atoms with Gasteiger partial charge in [0.25, 0.3) is 0 Å². The standard InChI is InChI=1S/C13H20O3/c1-3-16-13(8-5-4-6-9-13)12(7-10-14)11(2)15/h4-6,8,12,14H,3,7,9-10H2,1-2H3. The van der Waals surface area contributed by atoms with E-state index in [0.29, 0.717) is 19.4 Å². The maximum Gasteiger partial charge on any atom is 0.136 e. The van der Waals surface area contributed by atoms with Crippen LogP contribution in [0.5, 0.6) is 0 Å². The lowest BCUT2D eigenvalue weighted by atomic mass is 9.78. The van der Waals surface area contributed by atoms with Gasteiger partial charge in [0, 0.05) is 13.2 Å². The zero-order valence-electron chi connectivity index (χ0n) is 9.98. The Bertz CT molecular complexity index is 294. The molecule has 16 heavy (non-hydrogen) atoms. The van der Waals surface area contributed by atoms with Gasteiger partial charge < -0.3 is 9.84 Å². The van der Waals surface area contributed by atoms with Crippen LogP contribution in [-0.2, 0) is 9.53 Å². The molecular weight excluding hydrogens is 204 g/mol. The predicted molar refractivity (Wildman–Crippen MR) is 63.1 cm³/mol. The molecule has 0 bridgehead atoms. The average Bonchev–Trinajstić information content (AvgIpc) is 2.27. The summed E-state index contributed by atoms with van der Waals surface area (Å²) >= 11 is 0. The van der Waals surface area contributed by atoms with Crippen LogP contribution in [0.2, 0.25) is 0 Å². The van der Waals surface area contributed by atoms with Gasteiger partial charge in [-0.2, -0.15) is 0 Å². The minimum atomic E-state index is -0.557. The molecule has 0 heterocycles. The van der Waals surface area contributed by atoms with Gasteiger partial charge in [-0.15, -0.1) is 0 Å². The van der Waals surface area contributed by atoms with Crippen LogP contribution in [-0.4, -0.2) is 29.7 Å². The SMILES string of the molecule is CCOC1(C(CCO)C(C)=O)C=CC=CC1. The summed E-state index contributed by atoms with van der Waals surface area (Å²) in [6.07, 6.45) is 8.95. The second-order valence-electron chi connectivity index (χ2n) is 4.05. The summed E-state index contributed by atoms with van der Waals surface area (Å²) in [6, 6.07) is 0. The first-order valence-corrected chi connectivity index (χ1v) is 5.76. The molecule has 0 saturated heterocycles. The lowest BCUT2D eigenvalue weighted by molar-refractivity contribution is -0.132. The summed E-state index contributed by atoms with van der Waals surface area (Å²) in [6.45, 7) is 4.06. The topological polar surface area (TPSA) is 46.5 Å². The van der Waals surface area contributed by atoms with Crippen LogP contribution in [0.1, 0.15) is 26.7 Å². The number of aliphatic hydroxyl groups is 1. The highest BCUT2D eigenvalue weighted by atomic mass is 16.5. The molecule has 3 nitrogen and oxygen atoms in total. The van der Waals surface area contributed by atoms with Crippen LogP contribution in [0.4, 0.5) is 0 Å². The van der Waals surface area contributed by atoms with Gasteiger partial charge in [0.1, 0.15) is 5.78 Å². The molecule has 1 N–H and O–H groups in total. The van der Waals surface area contributed by atoms with Crippen molar-refractivity contribution < 1.29 is 14.6 Å². The summed E-state index contributed by atoms with van der Waals surface area (Å²) in [5, 5.41) is 9.05. The van der Waals surface area contributed by atoms with Gasteiger partial charge in [-0.3, -0.25) is 4.79 Å². The van der Waals surface area contributed by atoms with Crippen LogP contribution in [0.3, 0.4) is 0 Å². The minimum absolute atomic E-state index is 0.0105. The molecule has 1 rings (SSSR count). The second-order valence-corrected chi connectivity index (χ2v) is 4.05. The van der Waals surface area contributed by atoms with Crippen molar-refractivity contribution in [3.8, 4) is 0 Å². The van der Waals surface area contributed by atoms with Gasteiger partial charge in [-0.05, 0) is 26.7 Å². The number of rotatable bonds is 6. The van der Waals surface area contributed by atoms with Crippen molar-refractivity contribution in [2.75, 3.05) is 13.2 Å². The molecule has 0 fully saturated rings. The van der Waals surface area contributed by atoms with Gasteiger partial charge in [0.2, 0.25) is 0 Å². The molecule has 0 radical (unpaired) electrons. The number of carbonyl (C=O) groups excluding carboxylic acids is 1. The van der Waals surface area contributed by atoms with Crippen molar-refractivity contribution in [1.82, 2.24) is 0 Å². The Kier molecular flexibility index (Phi) is 4.90. The van der Waals surface area contributed by atoms with Crippen LogP contribution in [0.25, 0.3) is 0 Å². The van der Waals surface area contributed by atoms with Crippen LogP contribution in [0, 0.1) is 5.92 Å². The second kappa shape index (κ2) is 5.97. The van der Waals surface area contributed by atoms with E-state index < -0.39 is 5.60 Å². The van der Waals surface area contributed by atoms with Crippen molar-refractivity contribution in [3.05, 3.63) is 24.3 Å². The van der Waals surface area contributed by atoms with E-state index in [9.17, 15) is 4.79 Å². The summed E-state index contributed by atoms with van der Waals surface area (Å²) in [7, 11) is 0. The average molecular weight is 224 g/mol. The smallest absolute Gasteiger partial charge is 0.136 e. The molecule has 0 spiro atoms. The third-order valence-corrected chi connectivity index (χ3v) is 2.97. The Morgan fingerprint density at radius 2 is 2.31 bits per heavy atom. The molecule has 0 aromatic heterocycles. The van der Waals surface area contributed by atoms with E-state index in [1.165, 1.54) is 0 Å². The van der Waals surface area contributed by atoms with Crippen LogP contribution < -0.4 is 0 Å². The fourth-order valence-electron chi connectivity index (χ4n) is 2.27. The number of aliphatic hydroxyl groups excluding tert-OH is 1. The predicted octanol–water partition coefficient (Wildman–Crippen LogP) is 1.87. The fraction of sp³-hybridized carbons (Fsp3) is 0.615. The zero-order chi connectivity index (χ0) is 12.0. The monoisotopic (exact) mass is 224 g/mol. The molecule has 1 aliphatic carbocycles. The number of ether oxygens (including phenoxy) is 1. The van der Waals surface area contributed by atoms with Crippen LogP contribution in [0.15, 0.2) is 24.3 Å². The van der Waals surface area contributed by atoms with E-state index in [0.717, 1.165) is 0 Å². The number of allylic oxidation sites excluding steroid dienone is 2. The van der Waals surface area contributed by atoms with E-state index in [1.807, 2.05) is 31.2 Å². The molecule has 2 unspecified atom stereocenters. The summed E-state index contributed by atoms with van der Waals surface area (Å²) in [4.78, 5) is 11.7. The lowest BCUT2D eigenvalue weighted by Crippen LogP contribution is -2.43. The van der Waals surface area contributed by atoms with Crippen LogP contribution >= 0.6 is 0 Å². The Morgan fingerprint density at radius 1 is 1.56 bits per heavy atom. The largest absolute Gasteiger partial charge is 0.396 e. The molecule has 3 heteroatoms. The molecule has 0 aromatic rings. The van der Waals surface area contributed by atoms with E-state index in [2.05, 4.69) is 0 Å². The van der Waals surface area contributed by atoms with Crippen molar-refractivity contribution >= 4 is 5.78 Å². The Morgan fingerprint density at radius 3 is 2.75 bits per heavy atom. The van der Waals surface area contributed by atoms with Crippen molar-refractivity contribution in [3.63, 3.8) is 0 Å². The molecule has 1 aliphatic rings. The fourth-order valence-corrected chi connectivity index (χ4v) is 2.27. The number of carbonyl (C=O) groups is 1. The third kappa shape index (κ3) is 2.80. The van der Waals surface area contributed by atoms with Crippen molar-refractivity contribution in [2.24, 2.45) is 5.92 Å². The van der Waals surface area contributed by atoms with E-state index in [4.69, 9.17) is 9.84 Å². The molecule has 0 saturated carbocycles. The van der Waals surface area contributed by atoms with Gasteiger partial charge in [-0.25, -0.2) is 0 Å². The summed E-state index contributed by atoms with van der Waals surface area (Å²) < 4.78 is 5.78. The zero-order valence-corrected chi connectivity index (χ0v) is 9.98. The number of ketones is 1. The van der Waals surface area contributed by atoms with Crippen molar-refractivity contribution in [2.45, 2.75) is 32.3 Å². The Hall–Kier alpha value is -0.930. The first kappa shape index (κ1) is 13.1. The third-order valence-electron chi connectivity index (χ3n) is 2.97. The molecule has 0 aliphatic heterocycles. The van der Waals surface area contributed by atoms with Gasteiger partial charge >= 0.3 is 0 Å². The van der Waals surface area contributed by atoms with E-state index in [1.54, 1.807) is 6.92 Å². The van der Waals surface area contributed by atoms with Gasteiger partial charge in [-0.1, -0.05) is 24.3 Å². The minimum Gasteiger partial charge on any atom is -0.396 e. The van der Waals surface area contributed by atoms with Gasteiger partial charge in [0.15, 0.2) is 0 Å². The Balaban J connectivity index is 2.93. The normalized spacial score (nSPS) is 25.7. The number of Topliss-reactive ketones (excluding diaryl/α,β-unsaturated/α-hetero) is 1.